The molecule has 130 valence electrons. The van der Waals surface area contributed by atoms with Gasteiger partial charge in [0.05, 0.1) is 12.3 Å². The molecule has 9 heteroatoms. The minimum atomic E-state index is -0.445. The van der Waals surface area contributed by atoms with E-state index in [1.807, 2.05) is 4.90 Å². The molecule has 3 heterocycles. The highest BCUT2D eigenvalue weighted by atomic mass is 32.1. The van der Waals surface area contributed by atoms with Crippen molar-refractivity contribution in [3.63, 3.8) is 0 Å². The maximum absolute atomic E-state index is 13.7. The molecule has 1 saturated heterocycles. The van der Waals surface area contributed by atoms with Gasteiger partial charge in [0.25, 0.3) is 0 Å². The average Bonchev–Trinajstić information content (AvgIpc) is 2.61. The zero-order valence-corrected chi connectivity index (χ0v) is 14.0. The third-order valence-electron chi connectivity index (χ3n) is 4.06. The van der Waals surface area contributed by atoms with Crippen LogP contribution in [0.5, 0.6) is 5.75 Å². The number of rotatable bonds is 3. The summed E-state index contributed by atoms with van der Waals surface area (Å²) in [5.74, 6) is -0.311. The Bertz CT molecular complexity index is 634. The van der Waals surface area contributed by atoms with Crippen molar-refractivity contribution in [1.29, 1.82) is 0 Å². The van der Waals surface area contributed by atoms with Gasteiger partial charge in [-0.2, -0.15) is 5.10 Å². The predicted molar refractivity (Wildman–Crippen MR) is 90.6 cm³/mol. The molecule has 2 aliphatic rings. The molecule has 3 rings (SSSR count). The van der Waals surface area contributed by atoms with Crippen LogP contribution in [0.15, 0.2) is 17.4 Å². The summed E-state index contributed by atoms with van der Waals surface area (Å²) in [5.41, 5.74) is 3.89. The van der Waals surface area contributed by atoms with Crippen molar-refractivity contribution >= 4 is 23.0 Å². The molecule has 0 atom stereocenters. The lowest BCUT2D eigenvalue weighted by atomic mass is 10.1. The van der Waals surface area contributed by atoms with E-state index in [1.54, 1.807) is 0 Å². The van der Waals surface area contributed by atoms with Gasteiger partial charge >= 0.3 is 0 Å². The molecule has 0 aromatic carbocycles. The second kappa shape index (κ2) is 7.80. The molecule has 6 nitrogen and oxygen atoms in total. The van der Waals surface area contributed by atoms with Crippen molar-refractivity contribution in [1.82, 2.24) is 20.2 Å². The zero-order chi connectivity index (χ0) is 16.9. The van der Waals surface area contributed by atoms with Gasteiger partial charge in [0.2, 0.25) is 0 Å². The van der Waals surface area contributed by atoms with Crippen LogP contribution in [0.4, 0.5) is 8.78 Å². The van der Waals surface area contributed by atoms with Crippen LogP contribution < -0.4 is 10.2 Å². The number of ether oxygens (including phenoxy) is 1. The van der Waals surface area contributed by atoms with Crippen LogP contribution in [0, 0.1) is 5.82 Å². The Morgan fingerprint density at radius 3 is 2.92 bits per heavy atom. The number of fused-ring (bicyclic) bond motifs is 1. The van der Waals surface area contributed by atoms with Crippen LogP contribution in [-0.4, -0.2) is 71.6 Å². The molecule has 0 aliphatic carbocycles. The van der Waals surface area contributed by atoms with Gasteiger partial charge < -0.3 is 9.64 Å². The van der Waals surface area contributed by atoms with Gasteiger partial charge in [-0.3, -0.25) is 15.3 Å². The van der Waals surface area contributed by atoms with Crippen LogP contribution in [0.2, 0.25) is 0 Å². The van der Waals surface area contributed by atoms with Crippen LogP contribution in [0.1, 0.15) is 12.1 Å². The summed E-state index contributed by atoms with van der Waals surface area (Å²) in [6.07, 6.45) is 1.92. The van der Waals surface area contributed by atoms with Crippen LogP contribution in [0.25, 0.3) is 0 Å². The number of hydrogen-bond acceptors (Lipinski definition) is 5. The zero-order valence-electron chi connectivity index (χ0n) is 13.2. The Labute approximate surface area is 144 Å². The number of alkyl halides is 1. The van der Waals surface area contributed by atoms with E-state index in [0.29, 0.717) is 36.1 Å². The standard InChI is InChI=1S/C15H19F2N5OS/c16-3-5-21-6-8-22(9-7-21)15(24)20-19-12-2-10-23-14-11(17)1-4-18-13(12)14/h1,4H,2-3,5-10H2,(H,20,24)/b19-12-. The number of nitrogens with one attached hydrogen (secondary N) is 1. The summed E-state index contributed by atoms with van der Waals surface area (Å²) in [7, 11) is 0. The molecule has 24 heavy (non-hydrogen) atoms. The maximum atomic E-state index is 13.7. The van der Waals surface area contributed by atoms with Gasteiger partial charge in [-0.25, -0.2) is 8.78 Å². The highest BCUT2D eigenvalue weighted by Gasteiger charge is 2.23. The molecule has 2 aliphatic heterocycles. The number of nitrogens with zero attached hydrogens (tertiary/aromatic N) is 4. The first-order valence-electron chi connectivity index (χ1n) is 7.86. The topological polar surface area (TPSA) is 53.0 Å². The molecular weight excluding hydrogens is 336 g/mol. The lowest BCUT2D eigenvalue weighted by molar-refractivity contribution is 0.170. The van der Waals surface area contributed by atoms with Gasteiger partial charge in [-0.1, -0.05) is 0 Å². The van der Waals surface area contributed by atoms with Gasteiger partial charge in [0.1, 0.15) is 12.4 Å². The lowest BCUT2D eigenvalue weighted by Gasteiger charge is -2.35. The smallest absolute Gasteiger partial charge is 0.189 e. The van der Waals surface area contributed by atoms with Crippen LogP contribution in [-0.2, 0) is 0 Å². The van der Waals surface area contributed by atoms with Crippen molar-refractivity contribution in [2.24, 2.45) is 5.10 Å². The fourth-order valence-electron chi connectivity index (χ4n) is 2.72. The van der Waals surface area contributed by atoms with Crippen LogP contribution in [0.3, 0.4) is 0 Å². The molecule has 0 radical (unpaired) electrons. The Morgan fingerprint density at radius 1 is 1.38 bits per heavy atom. The number of halogens is 2. The number of aromatic nitrogens is 1. The first-order chi connectivity index (χ1) is 11.7. The van der Waals surface area contributed by atoms with Gasteiger partial charge in [0, 0.05) is 45.3 Å². The fraction of sp³-hybridized carbons (Fsp3) is 0.533. The van der Waals surface area contributed by atoms with E-state index in [1.165, 1.54) is 12.3 Å². The Hall–Kier alpha value is -1.87. The largest absolute Gasteiger partial charge is 0.488 e. The Morgan fingerprint density at radius 2 is 2.17 bits per heavy atom. The lowest BCUT2D eigenvalue weighted by Crippen LogP contribution is -2.51. The van der Waals surface area contributed by atoms with Crippen molar-refractivity contribution in [3.05, 3.63) is 23.8 Å². The van der Waals surface area contributed by atoms with E-state index in [4.69, 9.17) is 17.0 Å². The summed E-state index contributed by atoms with van der Waals surface area (Å²) < 4.78 is 31.4. The van der Waals surface area contributed by atoms with E-state index < -0.39 is 5.82 Å². The highest BCUT2D eigenvalue weighted by Crippen LogP contribution is 2.25. The van der Waals surface area contributed by atoms with E-state index in [0.717, 1.165) is 26.2 Å². The predicted octanol–water partition coefficient (Wildman–Crippen LogP) is 1.17. The molecular formula is C15H19F2N5OS. The third-order valence-corrected chi connectivity index (χ3v) is 4.41. The number of thiocarbonyl (C=S) groups is 1. The van der Waals surface area contributed by atoms with Gasteiger partial charge in [0.15, 0.2) is 16.7 Å². The Balaban J connectivity index is 1.61. The summed E-state index contributed by atoms with van der Waals surface area (Å²) in [5, 5.41) is 4.80. The second-order valence-electron chi connectivity index (χ2n) is 5.56. The van der Waals surface area contributed by atoms with E-state index >= 15 is 0 Å². The fourth-order valence-corrected chi connectivity index (χ4v) is 2.95. The SMILES string of the molecule is FCCN1CCN(C(=S)N/N=C2/CCOc3c(F)ccnc32)CC1. The molecule has 1 aromatic heterocycles. The van der Waals surface area contributed by atoms with E-state index in [-0.39, 0.29) is 12.4 Å². The molecule has 0 bridgehead atoms. The number of hydrogen-bond donors (Lipinski definition) is 1. The van der Waals surface area contributed by atoms with Crippen molar-refractivity contribution in [3.8, 4) is 5.75 Å². The second-order valence-corrected chi connectivity index (χ2v) is 5.95. The molecule has 0 spiro atoms. The van der Waals surface area contributed by atoms with Crippen LogP contribution >= 0.6 is 12.2 Å². The normalized spacial score (nSPS) is 19.8. The van der Waals surface area contributed by atoms with Crippen molar-refractivity contribution in [2.75, 3.05) is 46.0 Å². The van der Waals surface area contributed by atoms with E-state index in [2.05, 4.69) is 20.4 Å². The third kappa shape index (κ3) is 3.78. The first kappa shape index (κ1) is 17.0. The molecule has 0 amide bonds. The number of hydrazone groups is 1. The molecule has 0 unspecified atom stereocenters. The molecule has 1 aromatic rings. The summed E-state index contributed by atoms with van der Waals surface area (Å²) in [6, 6.07) is 1.26. The van der Waals surface area contributed by atoms with Crippen molar-refractivity contribution < 1.29 is 13.5 Å². The van der Waals surface area contributed by atoms with Gasteiger partial charge in [-0.15, -0.1) is 0 Å². The molecule has 0 saturated carbocycles. The highest BCUT2D eigenvalue weighted by molar-refractivity contribution is 7.80. The van der Waals surface area contributed by atoms with Gasteiger partial charge in [-0.05, 0) is 18.3 Å². The maximum Gasteiger partial charge on any atom is 0.189 e. The summed E-state index contributed by atoms with van der Waals surface area (Å²) in [4.78, 5) is 8.20. The monoisotopic (exact) mass is 355 g/mol. The summed E-state index contributed by atoms with van der Waals surface area (Å²) in [6.45, 7) is 3.47. The summed E-state index contributed by atoms with van der Waals surface area (Å²) >= 11 is 5.36. The van der Waals surface area contributed by atoms with Crippen molar-refractivity contribution in [2.45, 2.75) is 6.42 Å². The first-order valence-corrected chi connectivity index (χ1v) is 8.27. The molecule has 1 fully saturated rings. The quantitative estimate of drug-likeness (QED) is 0.649. The minimum absolute atomic E-state index is 0.134. The number of piperazine rings is 1. The van der Waals surface area contributed by atoms with E-state index in [9.17, 15) is 8.78 Å². The Kier molecular flexibility index (Phi) is 5.52. The molecule has 1 N–H and O–H groups in total. The number of pyridine rings is 1. The minimum Gasteiger partial charge on any atom is -0.488 e. The average molecular weight is 355 g/mol.